The van der Waals surface area contributed by atoms with Crippen LogP contribution in [0.2, 0.25) is 0 Å². The van der Waals surface area contributed by atoms with Gasteiger partial charge in [0.2, 0.25) is 0 Å². The smallest absolute Gasteiger partial charge is 0.409 e. The van der Waals surface area contributed by atoms with Crippen molar-refractivity contribution in [2.24, 2.45) is 5.41 Å². The summed E-state index contributed by atoms with van der Waals surface area (Å²) in [5.41, 5.74) is 1.58. The molecule has 0 bridgehead atoms. The molecule has 2 saturated heterocycles. The lowest BCUT2D eigenvalue weighted by molar-refractivity contribution is -0.117. The van der Waals surface area contributed by atoms with Gasteiger partial charge in [0.25, 0.3) is 0 Å². The maximum absolute atomic E-state index is 11.9. The zero-order valence-corrected chi connectivity index (χ0v) is 18.6. The van der Waals surface area contributed by atoms with Gasteiger partial charge in [0.15, 0.2) is 0 Å². The third kappa shape index (κ3) is 4.04. The molecular weight excluding hydrogens is 392 g/mol. The molecule has 3 heterocycles. The second kappa shape index (κ2) is 8.41. The van der Waals surface area contributed by atoms with E-state index in [0.717, 1.165) is 51.5 Å². The molecule has 7 heteroatoms. The highest BCUT2D eigenvalue weighted by molar-refractivity contribution is 5.82. The SMILES string of the molecule is CCOC(=O)N1CC2(CC[C@@H](N3CCN(c4ncccc4C4CCC(=O)C4)CC3)C2)C1. The first-order valence-corrected chi connectivity index (χ1v) is 11.9. The van der Waals surface area contributed by atoms with Crippen molar-refractivity contribution < 1.29 is 14.3 Å². The molecule has 0 radical (unpaired) electrons. The second-order valence-corrected chi connectivity index (χ2v) is 9.87. The Hall–Kier alpha value is -2.15. The van der Waals surface area contributed by atoms with Crippen molar-refractivity contribution in [3.05, 3.63) is 23.9 Å². The number of piperazine rings is 1. The summed E-state index contributed by atoms with van der Waals surface area (Å²) in [4.78, 5) is 35.4. The van der Waals surface area contributed by atoms with E-state index in [1.54, 1.807) is 0 Å². The van der Waals surface area contributed by atoms with E-state index in [9.17, 15) is 9.59 Å². The Morgan fingerprint density at radius 3 is 2.74 bits per heavy atom. The molecule has 4 aliphatic rings. The largest absolute Gasteiger partial charge is 0.450 e. The Labute approximate surface area is 184 Å². The molecule has 2 atom stereocenters. The number of carbonyl (C=O) groups excluding carboxylic acids is 2. The molecule has 2 aliphatic carbocycles. The van der Waals surface area contributed by atoms with Crippen LogP contribution in [0.15, 0.2) is 18.3 Å². The minimum absolute atomic E-state index is 0.152. The minimum Gasteiger partial charge on any atom is -0.450 e. The van der Waals surface area contributed by atoms with Gasteiger partial charge in [0.1, 0.15) is 11.6 Å². The van der Waals surface area contributed by atoms with Gasteiger partial charge in [-0.15, -0.1) is 0 Å². The molecular formula is C24H34N4O3. The number of anilines is 1. The van der Waals surface area contributed by atoms with Crippen molar-refractivity contribution in [2.45, 2.75) is 57.4 Å². The monoisotopic (exact) mass is 426 g/mol. The lowest BCUT2D eigenvalue weighted by atomic mass is 9.78. The van der Waals surface area contributed by atoms with Gasteiger partial charge < -0.3 is 14.5 Å². The first-order chi connectivity index (χ1) is 15.1. The predicted octanol–water partition coefficient (Wildman–Crippen LogP) is 3.05. The van der Waals surface area contributed by atoms with Gasteiger partial charge in [-0.2, -0.15) is 0 Å². The van der Waals surface area contributed by atoms with E-state index in [4.69, 9.17) is 9.72 Å². The number of ketones is 1. The van der Waals surface area contributed by atoms with Gasteiger partial charge in [-0.1, -0.05) is 6.07 Å². The van der Waals surface area contributed by atoms with E-state index >= 15 is 0 Å². The maximum atomic E-state index is 11.9. The Morgan fingerprint density at radius 2 is 2.03 bits per heavy atom. The number of nitrogens with zero attached hydrogens (tertiary/aromatic N) is 4. The summed E-state index contributed by atoms with van der Waals surface area (Å²) >= 11 is 0. The molecule has 1 spiro atoms. The lowest BCUT2D eigenvalue weighted by Gasteiger charge is -2.48. The van der Waals surface area contributed by atoms with Gasteiger partial charge in [-0.25, -0.2) is 9.78 Å². The number of ether oxygens (including phenoxy) is 1. The van der Waals surface area contributed by atoms with E-state index in [2.05, 4.69) is 15.9 Å². The Kier molecular flexibility index (Phi) is 5.63. The summed E-state index contributed by atoms with van der Waals surface area (Å²) in [5.74, 6) is 1.82. The second-order valence-electron chi connectivity index (χ2n) is 9.87. The topological polar surface area (TPSA) is 66.0 Å². The molecule has 4 fully saturated rings. The van der Waals surface area contributed by atoms with Crippen LogP contribution in [-0.2, 0) is 9.53 Å². The van der Waals surface area contributed by atoms with Crippen molar-refractivity contribution in [1.82, 2.24) is 14.8 Å². The molecule has 2 aliphatic heterocycles. The number of Topliss-reactive ketones (excluding diaryl/α,β-unsaturated/α-hetero) is 1. The van der Waals surface area contributed by atoms with Gasteiger partial charge in [-0.3, -0.25) is 9.69 Å². The maximum Gasteiger partial charge on any atom is 0.409 e. The van der Waals surface area contributed by atoms with Crippen LogP contribution in [0.5, 0.6) is 0 Å². The highest BCUT2D eigenvalue weighted by atomic mass is 16.6. The molecule has 5 rings (SSSR count). The van der Waals surface area contributed by atoms with Crippen molar-refractivity contribution in [3.8, 4) is 0 Å². The van der Waals surface area contributed by atoms with E-state index in [0.29, 0.717) is 42.6 Å². The standard InChI is InChI=1S/C24H34N4O3/c1-2-31-23(30)28-16-24(17-28)8-7-19(15-24)26-10-12-27(13-11-26)22-21(4-3-9-25-22)18-5-6-20(29)14-18/h3-4,9,18-19H,2,5-8,10-17H2,1H3/t18?,19-/m1/s1. The predicted molar refractivity (Wildman–Crippen MR) is 118 cm³/mol. The first kappa shape index (κ1) is 20.7. The average Bonchev–Trinajstić information content (AvgIpc) is 3.40. The molecule has 31 heavy (non-hydrogen) atoms. The van der Waals surface area contributed by atoms with Crippen LogP contribution in [0.3, 0.4) is 0 Å². The molecule has 168 valence electrons. The van der Waals surface area contributed by atoms with Crippen LogP contribution >= 0.6 is 0 Å². The summed E-state index contributed by atoms with van der Waals surface area (Å²) in [6, 6.07) is 4.81. The zero-order chi connectivity index (χ0) is 21.4. The third-order valence-corrected chi connectivity index (χ3v) is 7.89. The third-order valence-electron chi connectivity index (χ3n) is 7.89. The molecule has 0 aromatic carbocycles. The summed E-state index contributed by atoms with van der Waals surface area (Å²) in [6.07, 6.45) is 7.72. The minimum atomic E-state index is -0.152. The number of amides is 1. The number of hydrogen-bond donors (Lipinski definition) is 0. The van der Waals surface area contributed by atoms with Crippen LogP contribution in [0.4, 0.5) is 10.6 Å². The molecule has 1 amide bonds. The Balaban J connectivity index is 1.16. The first-order valence-electron chi connectivity index (χ1n) is 11.9. The number of hydrogen-bond acceptors (Lipinski definition) is 6. The molecule has 0 N–H and O–H groups in total. The highest BCUT2D eigenvalue weighted by Crippen LogP contribution is 2.47. The molecule has 1 unspecified atom stereocenters. The van der Waals surface area contributed by atoms with Gasteiger partial charge in [-0.05, 0) is 50.2 Å². The average molecular weight is 427 g/mol. The quantitative estimate of drug-likeness (QED) is 0.737. The number of aromatic nitrogens is 1. The summed E-state index contributed by atoms with van der Waals surface area (Å²) < 4.78 is 5.14. The lowest BCUT2D eigenvalue weighted by Crippen LogP contribution is -2.58. The number of pyridine rings is 1. The van der Waals surface area contributed by atoms with Crippen LogP contribution in [-0.4, -0.2) is 78.6 Å². The summed E-state index contributed by atoms with van der Waals surface area (Å²) in [6.45, 7) is 8.12. The van der Waals surface area contributed by atoms with E-state index in [-0.39, 0.29) is 6.09 Å². The van der Waals surface area contributed by atoms with Crippen molar-refractivity contribution in [2.75, 3.05) is 50.8 Å². The van der Waals surface area contributed by atoms with Crippen LogP contribution in [0.1, 0.15) is 56.9 Å². The number of likely N-dealkylation sites (tertiary alicyclic amines) is 1. The van der Waals surface area contributed by atoms with E-state index in [1.165, 1.54) is 24.8 Å². The fourth-order valence-electron chi connectivity index (χ4n) is 6.25. The number of rotatable bonds is 4. The zero-order valence-electron chi connectivity index (χ0n) is 18.6. The molecule has 1 aromatic heterocycles. The normalized spacial score (nSPS) is 28.2. The van der Waals surface area contributed by atoms with Crippen molar-refractivity contribution in [3.63, 3.8) is 0 Å². The number of carbonyl (C=O) groups is 2. The van der Waals surface area contributed by atoms with Gasteiger partial charge in [0, 0.05) is 69.8 Å². The van der Waals surface area contributed by atoms with Crippen LogP contribution in [0, 0.1) is 5.41 Å². The van der Waals surface area contributed by atoms with Gasteiger partial charge >= 0.3 is 6.09 Å². The van der Waals surface area contributed by atoms with E-state index in [1.807, 2.05) is 24.1 Å². The molecule has 2 saturated carbocycles. The van der Waals surface area contributed by atoms with Crippen LogP contribution in [0.25, 0.3) is 0 Å². The Morgan fingerprint density at radius 1 is 1.23 bits per heavy atom. The Bertz CT molecular complexity index is 830. The molecule has 7 nitrogen and oxygen atoms in total. The van der Waals surface area contributed by atoms with Crippen molar-refractivity contribution in [1.29, 1.82) is 0 Å². The van der Waals surface area contributed by atoms with E-state index < -0.39 is 0 Å². The van der Waals surface area contributed by atoms with Crippen molar-refractivity contribution >= 4 is 17.7 Å². The highest BCUT2D eigenvalue weighted by Gasteiger charge is 2.51. The summed E-state index contributed by atoms with van der Waals surface area (Å²) in [7, 11) is 0. The van der Waals surface area contributed by atoms with Gasteiger partial charge in [0.05, 0.1) is 6.61 Å². The fraction of sp³-hybridized carbons (Fsp3) is 0.708. The fourth-order valence-corrected chi connectivity index (χ4v) is 6.25. The summed E-state index contributed by atoms with van der Waals surface area (Å²) in [5, 5.41) is 0. The van der Waals surface area contributed by atoms with Crippen LogP contribution < -0.4 is 4.90 Å². The molecule has 1 aromatic rings.